The summed E-state index contributed by atoms with van der Waals surface area (Å²) >= 11 is 0. The second-order valence-corrected chi connectivity index (χ2v) is 4.99. The largest absolute Gasteiger partial charge is 0.193 e. The fraction of sp³-hybridized carbons (Fsp3) is 0.471. The number of aryl methyl sites for hydroxylation is 1. The molecule has 0 aliphatic rings. The highest BCUT2D eigenvalue weighted by Crippen LogP contribution is 2.15. The number of nitrogens with zero attached hydrogens (tertiary/aromatic N) is 1. The Morgan fingerprint density at radius 2 is 1.94 bits per heavy atom. The molecule has 0 N–H and O–H groups in total. The molecule has 1 nitrogen and oxygen atoms in total. The van der Waals surface area contributed by atoms with Gasteiger partial charge in [-0.25, -0.2) is 0 Å². The Morgan fingerprint density at radius 1 is 1.22 bits per heavy atom. The summed E-state index contributed by atoms with van der Waals surface area (Å²) in [4.78, 5) is 0. The molecule has 0 heterocycles. The Kier molecular flexibility index (Phi) is 6.87. The van der Waals surface area contributed by atoms with Crippen molar-refractivity contribution in [1.82, 2.24) is 0 Å². The van der Waals surface area contributed by atoms with Crippen molar-refractivity contribution < 1.29 is 0 Å². The predicted octanol–water partition coefficient (Wildman–Crippen LogP) is 4.98. The van der Waals surface area contributed by atoms with Crippen LogP contribution >= 0.6 is 0 Å². The molecule has 0 aromatic heterocycles. The fourth-order valence-electron chi connectivity index (χ4n) is 2.22. The van der Waals surface area contributed by atoms with Gasteiger partial charge in [0.25, 0.3) is 0 Å². The van der Waals surface area contributed by atoms with Gasteiger partial charge in [0.05, 0.1) is 6.07 Å². The molecule has 0 aliphatic heterocycles. The molecule has 0 aliphatic carbocycles. The Balaban J connectivity index is 2.35. The maximum absolute atomic E-state index is 8.46. The maximum Gasteiger partial charge on any atom is 0.0912 e. The fourth-order valence-corrected chi connectivity index (χ4v) is 2.22. The van der Waals surface area contributed by atoms with Gasteiger partial charge in [-0.1, -0.05) is 57.4 Å². The Labute approximate surface area is 111 Å². The van der Waals surface area contributed by atoms with Gasteiger partial charge in [-0.2, -0.15) is 5.26 Å². The lowest BCUT2D eigenvalue weighted by Gasteiger charge is -2.09. The van der Waals surface area contributed by atoms with Crippen LogP contribution in [0.2, 0.25) is 0 Å². The topological polar surface area (TPSA) is 23.8 Å². The molecule has 1 rings (SSSR count). The van der Waals surface area contributed by atoms with E-state index in [4.69, 9.17) is 5.26 Å². The number of nitriles is 1. The van der Waals surface area contributed by atoms with E-state index < -0.39 is 0 Å². The van der Waals surface area contributed by atoms with Gasteiger partial charge >= 0.3 is 0 Å². The van der Waals surface area contributed by atoms with E-state index in [1.54, 1.807) is 0 Å². The van der Waals surface area contributed by atoms with E-state index in [2.05, 4.69) is 38.1 Å². The van der Waals surface area contributed by atoms with Crippen molar-refractivity contribution >= 4 is 6.08 Å². The standard InChI is InChI=1S/C17H23N/c1-3-6-15(2)7-4-8-16-10-12-17(13-11-16)9-5-14-18/h5,9-13,15H,3-4,6-8H2,1-2H3. The molecule has 0 bridgehead atoms. The van der Waals surface area contributed by atoms with E-state index in [1.807, 2.05) is 12.1 Å². The summed E-state index contributed by atoms with van der Waals surface area (Å²) in [5.74, 6) is 0.854. The summed E-state index contributed by atoms with van der Waals surface area (Å²) in [6.45, 7) is 4.60. The first kappa shape index (κ1) is 14.5. The lowest BCUT2D eigenvalue weighted by atomic mass is 9.97. The van der Waals surface area contributed by atoms with Gasteiger partial charge in [0.2, 0.25) is 0 Å². The van der Waals surface area contributed by atoms with E-state index >= 15 is 0 Å². The van der Waals surface area contributed by atoms with Crippen molar-refractivity contribution in [1.29, 1.82) is 5.26 Å². The second kappa shape index (κ2) is 8.53. The molecule has 0 radical (unpaired) electrons. The molecular formula is C17H23N. The zero-order valence-electron chi connectivity index (χ0n) is 11.5. The molecule has 1 aromatic carbocycles. The van der Waals surface area contributed by atoms with Crippen LogP contribution in [0.1, 0.15) is 50.7 Å². The van der Waals surface area contributed by atoms with Crippen molar-refractivity contribution in [3.8, 4) is 6.07 Å². The summed E-state index contributed by atoms with van der Waals surface area (Å²) in [6.07, 6.45) is 9.75. The number of hydrogen-bond acceptors (Lipinski definition) is 1. The van der Waals surface area contributed by atoms with Crippen molar-refractivity contribution in [2.75, 3.05) is 0 Å². The van der Waals surface area contributed by atoms with Gasteiger partial charge in [0.1, 0.15) is 0 Å². The second-order valence-electron chi connectivity index (χ2n) is 4.99. The molecule has 1 unspecified atom stereocenters. The molecule has 0 saturated carbocycles. The van der Waals surface area contributed by atoms with Crippen molar-refractivity contribution in [3.05, 3.63) is 41.5 Å². The molecule has 1 heteroatoms. The Bertz CT molecular complexity index is 395. The summed E-state index contributed by atoms with van der Waals surface area (Å²) in [5.41, 5.74) is 2.49. The molecule has 0 spiro atoms. The van der Waals surface area contributed by atoms with Crippen molar-refractivity contribution in [2.45, 2.75) is 46.0 Å². The maximum atomic E-state index is 8.46. The van der Waals surface area contributed by atoms with Gasteiger partial charge in [-0.05, 0) is 36.0 Å². The number of benzene rings is 1. The third-order valence-electron chi connectivity index (χ3n) is 3.27. The lowest BCUT2D eigenvalue weighted by Crippen LogP contribution is -1.95. The minimum atomic E-state index is 0.854. The van der Waals surface area contributed by atoms with Gasteiger partial charge < -0.3 is 0 Å². The first-order chi connectivity index (χ1) is 8.76. The van der Waals surface area contributed by atoms with Crippen LogP contribution in [0, 0.1) is 17.2 Å². The predicted molar refractivity (Wildman–Crippen MR) is 78.1 cm³/mol. The molecular weight excluding hydrogens is 218 g/mol. The van der Waals surface area contributed by atoms with Crippen LogP contribution in [0.15, 0.2) is 30.3 Å². The number of rotatable bonds is 7. The van der Waals surface area contributed by atoms with Crippen LogP contribution in [0.4, 0.5) is 0 Å². The minimum Gasteiger partial charge on any atom is -0.193 e. The van der Waals surface area contributed by atoms with E-state index in [9.17, 15) is 0 Å². The highest BCUT2D eigenvalue weighted by molar-refractivity contribution is 5.52. The number of hydrogen-bond donors (Lipinski definition) is 0. The van der Waals surface area contributed by atoms with Crippen LogP contribution in [0.25, 0.3) is 6.08 Å². The van der Waals surface area contributed by atoms with Gasteiger partial charge in [-0.3, -0.25) is 0 Å². The molecule has 0 amide bonds. The third-order valence-corrected chi connectivity index (χ3v) is 3.27. The van der Waals surface area contributed by atoms with Gasteiger partial charge in [0.15, 0.2) is 0 Å². The molecule has 0 fully saturated rings. The lowest BCUT2D eigenvalue weighted by molar-refractivity contribution is 0.469. The summed E-state index contributed by atoms with van der Waals surface area (Å²) in [5, 5.41) is 8.46. The Hall–Kier alpha value is -1.55. The smallest absolute Gasteiger partial charge is 0.0912 e. The van der Waals surface area contributed by atoms with Crippen molar-refractivity contribution in [3.63, 3.8) is 0 Å². The average Bonchev–Trinajstić information content (AvgIpc) is 2.38. The molecule has 1 aromatic rings. The molecule has 18 heavy (non-hydrogen) atoms. The van der Waals surface area contributed by atoms with E-state index in [-0.39, 0.29) is 0 Å². The van der Waals surface area contributed by atoms with Crippen LogP contribution in [0.3, 0.4) is 0 Å². The summed E-state index contributed by atoms with van der Waals surface area (Å²) in [6, 6.07) is 10.5. The summed E-state index contributed by atoms with van der Waals surface area (Å²) < 4.78 is 0. The van der Waals surface area contributed by atoms with Crippen LogP contribution < -0.4 is 0 Å². The zero-order chi connectivity index (χ0) is 13.2. The Morgan fingerprint density at radius 3 is 2.56 bits per heavy atom. The molecule has 96 valence electrons. The first-order valence-electron chi connectivity index (χ1n) is 6.91. The van der Waals surface area contributed by atoms with Gasteiger partial charge in [-0.15, -0.1) is 0 Å². The monoisotopic (exact) mass is 241 g/mol. The van der Waals surface area contributed by atoms with Gasteiger partial charge in [0, 0.05) is 6.08 Å². The molecule has 1 atom stereocenters. The van der Waals surface area contributed by atoms with E-state index in [0.717, 1.165) is 17.9 Å². The first-order valence-corrected chi connectivity index (χ1v) is 6.91. The highest BCUT2D eigenvalue weighted by atomic mass is 14.2. The van der Waals surface area contributed by atoms with Crippen LogP contribution in [0.5, 0.6) is 0 Å². The normalized spacial score (nSPS) is 12.5. The van der Waals surface area contributed by atoms with Crippen molar-refractivity contribution in [2.24, 2.45) is 5.92 Å². The minimum absolute atomic E-state index is 0.854. The quantitative estimate of drug-likeness (QED) is 0.617. The molecule has 0 saturated heterocycles. The van der Waals surface area contributed by atoms with E-state index in [1.165, 1.54) is 37.3 Å². The SMILES string of the molecule is CCCC(C)CCCc1ccc(C=CC#N)cc1. The average molecular weight is 241 g/mol. The summed E-state index contributed by atoms with van der Waals surface area (Å²) in [7, 11) is 0. The zero-order valence-corrected chi connectivity index (χ0v) is 11.5. The third kappa shape index (κ3) is 5.68. The highest BCUT2D eigenvalue weighted by Gasteiger charge is 2.00. The van der Waals surface area contributed by atoms with Crippen LogP contribution in [-0.4, -0.2) is 0 Å². The van der Waals surface area contributed by atoms with E-state index in [0.29, 0.717) is 0 Å². The van der Waals surface area contributed by atoms with Crippen LogP contribution in [-0.2, 0) is 6.42 Å². The number of allylic oxidation sites excluding steroid dienone is 1.